The Morgan fingerprint density at radius 2 is 1.96 bits per heavy atom. The summed E-state index contributed by atoms with van der Waals surface area (Å²) in [5, 5.41) is 6.07. The smallest absolute Gasteiger partial charge is 0.227 e. The van der Waals surface area contributed by atoms with Crippen LogP contribution < -0.4 is 10.6 Å². The number of nitrogens with one attached hydrogen (secondary N) is 2. The molecule has 1 fully saturated rings. The maximum absolute atomic E-state index is 12.0. The van der Waals surface area contributed by atoms with Crippen LogP contribution in [0.1, 0.15) is 25.6 Å². The number of thiophene rings is 1. The molecular formula is C18H31ClIN5OS. The molecule has 27 heavy (non-hydrogen) atoms. The fraction of sp³-hybridized carbons (Fsp3) is 0.667. The summed E-state index contributed by atoms with van der Waals surface area (Å²) in [6, 6.07) is 4.06. The molecule has 0 bridgehead atoms. The van der Waals surface area contributed by atoms with E-state index < -0.39 is 5.41 Å². The third-order valence-electron chi connectivity index (χ3n) is 4.48. The number of guanidine groups is 1. The van der Waals surface area contributed by atoms with Crippen molar-refractivity contribution in [1.29, 1.82) is 0 Å². The lowest BCUT2D eigenvalue weighted by Gasteiger charge is -2.36. The van der Waals surface area contributed by atoms with Gasteiger partial charge in [0.2, 0.25) is 5.91 Å². The molecule has 1 aliphatic heterocycles. The summed E-state index contributed by atoms with van der Waals surface area (Å²) in [4.78, 5) is 22.7. The van der Waals surface area contributed by atoms with Gasteiger partial charge in [0.25, 0.3) is 0 Å². The minimum Gasteiger partial charge on any atom is -0.359 e. The number of nitrogens with zero attached hydrogens (tertiary/aromatic N) is 3. The number of hydrogen-bond donors (Lipinski definition) is 2. The fourth-order valence-electron chi connectivity index (χ4n) is 2.88. The summed E-state index contributed by atoms with van der Waals surface area (Å²) in [6.45, 7) is 11.9. The van der Waals surface area contributed by atoms with Gasteiger partial charge in [-0.15, -0.1) is 35.3 Å². The molecule has 0 saturated carbocycles. The van der Waals surface area contributed by atoms with Crippen molar-refractivity contribution in [3.8, 4) is 0 Å². The maximum atomic E-state index is 12.0. The quantitative estimate of drug-likeness (QED) is 0.339. The van der Waals surface area contributed by atoms with E-state index in [0.29, 0.717) is 6.54 Å². The first kappa shape index (κ1) is 24.5. The minimum absolute atomic E-state index is 0. The second-order valence-corrected chi connectivity index (χ2v) is 8.90. The zero-order valence-electron chi connectivity index (χ0n) is 16.5. The summed E-state index contributed by atoms with van der Waals surface area (Å²) in [5.74, 6) is 0.903. The van der Waals surface area contributed by atoms with Crippen LogP contribution in [-0.2, 0) is 11.3 Å². The number of carbonyl (C=O) groups is 1. The van der Waals surface area contributed by atoms with Crippen LogP contribution in [0.25, 0.3) is 0 Å². The molecule has 154 valence electrons. The summed E-state index contributed by atoms with van der Waals surface area (Å²) >= 11 is 7.67. The van der Waals surface area contributed by atoms with E-state index in [9.17, 15) is 4.79 Å². The number of aliphatic imine (C=N–C) groups is 1. The molecule has 1 aliphatic rings. The summed E-state index contributed by atoms with van der Waals surface area (Å²) in [5.41, 5.74) is -0.518. The third kappa shape index (κ3) is 7.40. The van der Waals surface area contributed by atoms with Crippen molar-refractivity contribution in [3.63, 3.8) is 0 Å². The molecule has 0 spiro atoms. The fourth-order valence-corrected chi connectivity index (χ4v) is 4.01. The zero-order chi connectivity index (χ0) is 19.2. The van der Waals surface area contributed by atoms with Gasteiger partial charge in [0.1, 0.15) is 0 Å². The Labute approximate surface area is 188 Å². The lowest BCUT2D eigenvalue weighted by Crippen LogP contribution is -2.52. The Hall–Kier alpha value is -0.580. The average molecular weight is 528 g/mol. The lowest BCUT2D eigenvalue weighted by atomic mass is 9.93. The lowest BCUT2D eigenvalue weighted by molar-refractivity contribution is -0.128. The average Bonchev–Trinajstić information content (AvgIpc) is 3.03. The van der Waals surface area contributed by atoms with Crippen LogP contribution in [-0.4, -0.2) is 68.0 Å². The molecule has 6 nitrogen and oxygen atoms in total. The van der Waals surface area contributed by atoms with E-state index >= 15 is 0 Å². The van der Waals surface area contributed by atoms with Crippen LogP contribution in [0.4, 0.5) is 0 Å². The molecular weight excluding hydrogens is 497 g/mol. The predicted molar refractivity (Wildman–Crippen MR) is 125 cm³/mol. The Bertz CT molecular complexity index is 629. The standard InChI is InChI=1S/C18H30ClN5OS.HI/c1-5-21-17(22-13-18(2,3)16(25)20-4)24-10-8-23(9-11-24)12-14-6-7-15(19)26-14;/h6-7H,5,8-13H2,1-4H3,(H,20,25)(H,21,22);1H. The van der Waals surface area contributed by atoms with Gasteiger partial charge in [-0.2, -0.15) is 0 Å². The zero-order valence-corrected chi connectivity index (χ0v) is 20.5. The number of amides is 1. The summed E-state index contributed by atoms with van der Waals surface area (Å²) in [7, 11) is 1.67. The van der Waals surface area contributed by atoms with Crippen LogP contribution in [0, 0.1) is 5.41 Å². The monoisotopic (exact) mass is 527 g/mol. The molecule has 0 radical (unpaired) electrons. The van der Waals surface area contributed by atoms with E-state index in [4.69, 9.17) is 16.6 Å². The van der Waals surface area contributed by atoms with Gasteiger partial charge < -0.3 is 15.5 Å². The first-order chi connectivity index (χ1) is 12.4. The molecule has 2 rings (SSSR count). The van der Waals surface area contributed by atoms with E-state index in [1.54, 1.807) is 18.4 Å². The number of carbonyl (C=O) groups excluding carboxylic acids is 1. The van der Waals surface area contributed by atoms with Crippen molar-refractivity contribution in [1.82, 2.24) is 20.4 Å². The van der Waals surface area contributed by atoms with Crippen LogP contribution >= 0.6 is 46.9 Å². The summed E-state index contributed by atoms with van der Waals surface area (Å²) < 4.78 is 0.846. The highest BCUT2D eigenvalue weighted by atomic mass is 127. The van der Waals surface area contributed by atoms with E-state index in [2.05, 4.69) is 33.4 Å². The molecule has 0 aromatic carbocycles. The number of halogens is 2. The first-order valence-corrected chi connectivity index (χ1v) is 10.3. The SMILES string of the molecule is CCNC(=NCC(C)(C)C(=O)NC)N1CCN(Cc2ccc(Cl)s2)CC1.I. The van der Waals surface area contributed by atoms with Gasteiger partial charge in [0.05, 0.1) is 16.3 Å². The largest absolute Gasteiger partial charge is 0.359 e. The third-order valence-corrected chi connectivity index (χ3v) is 5.70. The normalized spacial score (nSPS) is 16.0. The van der Waals surface area contributed by atoms with Crippen LogP contribution in [0.2, 0.25) is 4.34 Å². The molecule has 1 amide bonds. The van der Waals surface area contributed by atoms with Crippen LogP contribution in [0.15, 0.2) is 17.1 Å². The number of rotatable bonds is 6. The molecule has 2 N–H and O–H groups in total. The molecule has 0 aliphatic carbocycles. The van der Waals surface area contributed by atoms with E-state index in [1.807, 2.05) is 19.9 Å². The van der Waals surface area contributed by atoms with E-state index in [1.165, 1.54) is 4.88 Å². The molecule has 0 atom stereocenters. The number of hydrogen-bond acceptors (Lipinski definition) is 4. The molecule has 9 heteroatoms. The van der Waals surface area contributed by atoms with Gasteiger partial charge in [-0.1, -0.05) is 11.6 Å². The van der Waals surface area contributed by atoms with Gasteiger partial charge in [-0.25, -0.2) is 0 Å². The molecule has 1 aromatic rings. The molecule has 0 unspecified atom stereocenters. The van der Waals surface area contributed by atoms with Crippen molar-refractivity contribution in [3.05, 3.63) is 21.3 Å². The highest BCUT2D eigenvalue weighted by Crippen LogP contribution is 2.23. The van der Waals surface area contributed by atoms with Crippen molar-refractivity contribution in [2.45, 2.75) is 27.3 Å². The van der Waals surface area contributed by atoms with Gasteiger partial charge in [-0.05, 0) is 32.9 Å². The van der Waals surface area contributed by atoms with Gasteiger partial charge in [-0.3, -0.25) is 14.7 Å². The van der Waals surface area contributed by atoms with E-state index in [-0.39, 0.29) is 29.9 Å². The van der Waals surface area contributed by atoms with Crippen molar-refractivity contribution < 1.29 is 4.79 Å². The van der Waals surface area contributed by atoms with Gasteiger partial charge in [0.15, 0.2) is 5.96 Å². The predicted octanol–water partition coefficient (Wildman–Crippen LogP) is 2.87. The molecule has 1 saturated heterocycles. The Morgan fingerprint density at radius 1 is 1.30 bits per heavy atom. The Balaban J connectivity index is 0.00000364. The van der Waals surface area contributed by atoms with Gasteiger partial charge in [0, 0.05) is 51.2 Å². The highest BCUT2D eigenvalue weighted by molar-refractivity contribution is 14.0. The topological polar surface area (TPSA) is 60.0 Å². The molecule has 1 aromatic heterocycles. The van der Waals surface area contributed by atoms with Crippen LogP contribution in [0.5, 0.6) is 0 Å². The second-order valence-electron chi connectivity index (χ2n) is 7.10. The van der Waals surface area contributed by atoms with Crippen molar-refractivity contribution in [2.24, 2.45) is 10.4 Å². The molecule has 2 heterocycles. The minimum atomic E-state index is -0.518. The summed E-state index contributed by atoms with van der Waals surface area (Å²) in [6.07, 6.45) is 0. The Kier molecular flexibility index (Phi) is 10.4. The first-order valence-electron chi connectivity index (χ1n) is 9.07. The van der Waals surface area contributed by atoms with Crippen LogP contribution in [0.3, 0.4) is 0 Å². The van der Waals surface area contributed by atoms with Crippen molar-refractivity contribution >= 4 is 58.8 Å². The van der Waals surface area contributed by atoms with Gasteiger partial charge >= 0.3 is 0 Å². The number of piperazine rings is 1. The van der Waals surface area contributed by atoms with E-state index in [0.717, 1.165) is 49.6 Å². The highest BCUT2D eigenvalue weighted by Gasteiger charge is 2.27. The maximum Gasteiger partial charge on any atom is 0.227 e. The van der Waals surface area contributed by atoms with Crippen molar-refractivity contribution in [2.75, 3.05) is 46.3 Å². The second kappa shape index (κ2) is 11.4. The Morgan fingerprint density at radius 3 is 2.48 bits per heavy atom.